The number of rotatable bonds is 10. The third-order valence-corrected chi connectivity index (χ3v) is 8.83. The van der Waals surface area contributed by atoms with Crippen molar-refractivity contribution in [1.82, 2.24) is 0 Å². The monoisotopic (exact) mass is 272 g/mol. The van der Waals surface area contributed by atoms with Gasteiger partial charge in [0.15, 0.2) is 0 Å². The highest BCUT2D eigenvalue weighted by Crippen LogP contribution is 2.45. The first-order valence-corrected chi connectivity index (χ1v) is 10.1. The summed E-state index contributed by atoms with van der Waals surface area (Å²) in [4.78, 5) is 0. The van der Waals surface area contributed by atoms with Gasteiger partial charge in [-0.3, -0.25) is 0 Å². The van der Waals surface area contributed by atoms with Crippen LogP contribution in [0.3, 0.4) is 0 Å². The lowest BCUT2D eigenvalue weighted by Crippen LogP contribution is -2.50. The first-order chi connectivity index (χ1) is 8.68. The molecule has 1 rings (SSSR count). The first kappa shape index (κ1) is 16.2. The van der Waals surface area contributed by atoms with Gasteiger partial charge in [0, 0.05) is 18.8 Å². The van der Waals surface area contributed by atoms with Crippen LogP contribution >= 0.6 is 0 Å². The lowest BCUT2D eigenvalue weighted by molar-refractivity contribution is 0.152. The lowest BCUT2D eigenvalue weighted by Gasteiger charge is -2.43. The Bertz CT molecular complexity index is 211. The van der Waals surface area contributed by atoms with E-state index in [1.54, 1.807) is 0 Å². The molecule has 0 amide bonds. The fourth-order valence-electron chi connectivity index (χ4n) is 3.04. The van der Waals surface area contributed by atoms with Crippen molar-refractivity contribution in [1.29, 1.82) is 0 Å². The molecule has 18 heavy (non-hydrogen) atoms. The van der Waals surface area contributed by atoms with E-state index in [1.807, 2.05) is 0 Å². The molecule has 1 atom stereocenters. The zero-order valence-corrected chi connectivity index (χ0v) is 13.8. The molecule has 3 heteroatoms. The second-order valence-electron chi connectivity index (χ2n) is 5.76. The SMILES string of the molecule is CCCCC(C)C[Si](OCC)(OCC)C1CCC1. The van der Waals surface area contributed by atoms with E-state index >= 15 is 0 Å². The lowest BCUT2D eigenvalue weighted by atomic mass is 10.00. The predicted molar refractivity (Wildman–Crippen MR) is 80.1 cm³/mol. The maximum atomic E-state index is 6.24. The Balaban J connectivity index is 2.61. The molecule has 0 aromatic rings. The van der Waals surface area contributed by atoms with Crippen LogP contribution in [0.15, 0.2) is 0 Å². The van der Waals surface area contributed by atoms with Crippen LogP contribution < -0.4 is 0 Å². The van der Waals surface area contributed by atoms with Gasteiger partial charge in [0.2, 0.25) is 0 Å². The maximum Gasteiger partial charge on any atom is 0.341 e. The zero-order valence-electron chi connectivity index (χ0n) is 12.8. The van der Waals surface area contributed by atoms with Crippen LogP contribution in [0.5, 0.6) is 0 Å². The van der Waals surface area contributed by atoms with Crippen LogP contribution in [-0.4, -0.2) is 21.8 Å². The molecule has 1 unspecified atom stereocenters. The zero-order chi connectivity index (χ0) is 13.4. The second-order valence-corrected chi connectivity index (χ2v) is 9.18. The summed E-state index contributed by atoms with van der Waals surface area (Å²) in [6.45, 7) is 10.5. The Morgan fingerprint density at radius 2 is 1.72 bits per heavy atom. The molecule has 1 fully saturated rings. The van der Waals surface area contributed by atoms with Gasteiger partial charge in [0.1, 0.15) is 0 Å². The van der Waals surface area contributed by atoms with Gasteiger partial charge in [-0.25, -0.2) is 0 Å². The summed E-state index contributed by atoms with van der Waals surface area (Å²) < 4.78 is 12.5. The van der Waals surface area contributed by atoms with Crippen LogP contribution in [-0.2, 0) is 8.85 Å². The number of hydrogen-bond acceptors (Lipinski definition) is 2. The van der Waals surface area contributed by atoms with Crippen LogP contribution in [0.4, 0.5) is 0 Å². The molecular formula is C15H32O2Si. The Morgan fingerprint density at radius 1 is 1.11 bits per heavy atom. The summed E-state index contributed by atoms with van der Waals surface area (Å²) in [6, 6.07) is 1.21. The van der Waals surface area contributed by atoms with E-state index in [0.717, 1.165) is 24.7 Å². The van der Waals surface area contributed by atoms with Crippen molar-refractivity contribution in [2.75, 3.05) is 13.2 Å². The van der Waals surface area contributed by atoms with Crippen LogP contribution in [0, 0.1) is 5.92 Å². The molecule has 0 spiro atoms. The van der Waals surface area contributed by atoms with Gasteiger partial charge in [-0.1, -0.05) is 39.5 Å². The van der Waals surface area contributed by atoms with Gasteiger partial charge >= 0.3 is 8.56 Å². The normalized spacial score (nSPS) is 18.7. The van der Waals surface area contributed by atoms with E-state index < -0.39 is 8.56 Å². The molecule has 0 aliphatic heterocycles. The van der Waals surface area contributed by atoms with E-state index in [-0.39, 0.29) is 0 Å². The quantitative estimate of drug-likeness (QED) is 0.528. The van der Waals surface area contributed by atoms with Gasteiger partial charge < -0.3 is 8.85 Å². The highest BCUT2D eigenvalue weighted by molar-refractivity contribution is 6.69. The minimum atomic E-state index is -1.93. The van der Waals surface area contributed by atoms with Crippen molar-refractivity contribution < 1.29 is 8.85 Å². The minimum Gasteiger partial charge on any atom is -0.394 e. The third kappa shape index (κ3) is 4.36. The molecule has 108 valence electrons. The molecular weight excluding hydrogens is 240 g/mol. The predicted octanol–water partition coefficient (Wildman–Crippen LogP) is 4.88. The summed E-state index contributed by atoms with van der Waals surface area (Å²) in [5.74, 6) is 0.760. The summed E-state index contributed by atoms with van der Waals surface area (Å²) >= 11 is 0. The molecule has 0 aromatic heterocycles. The molecule has 0 radical (unpaired) electrons. The van der Waals surface area contributed by atoms with Crippen molar-refractivity contribution in [2.24, 2.45) is 5.92 Å². The highest BCUT2D eigenvalue weighted by atomic mass is 28.4. The van der Waals surface area contributed by atoms with Crippen molar-refractivity contribution in [2.45, 2.75) is 77.8 Å². The van der Waals surface area contributed by atoms with Crippen molar-refractivity contribution >= 4 is 8.56 Å². The van der Waals surface area contributed by atoms with Crippen LogP contribution in [0.2, 0.25) is 11.6 Å². The fraction of sp³-hybridized carbons (Fsp3) is 1.00. The van der Waals surface area contributed by atoms with E-state index in [2.05, 4.69) is 27.7 Å². The minimum absolute atomic E-state index is 0.760. The van der Waals surface area contributed by atoms with Crippen molar-refractivity contribution in [3.63, 3.8) is 0 Å². The van der Waals surface area contributed by atoms with E-state index in [1.165, 1.54) is 44.6 Å². The Hall–Kier alpha value is 0.137. The Morgan fingerprint density at radius 3 is 2.11 bits per heavy atom. The topological polar surface area (TPSA) is 18.5 Å². The number of unbranched alkanes of at least 4 members (excludes halogenated alkanes) is 1. The van der Waals surface area contributed by atoms with Crippen LogP contribution in [0.1, 0.15) is 66.2 Å². The Labute approximate surface area is 115 Å². The maximum absolute atomic E-state index is 6.24. The van der Waals surface area contributed by atoms with E-state index in [0.29, 0.717) is 0 Å². The molecule has 1 aliphatic rings. The van der Waals surface area contributed by atoms with Gasteiger partial charge in [-0.05, 0) is 38.7 Å². The van der Waals surface area contributed by atoms with Crippen LogP contribution in [0.25, 0.3) is 0 Å². The molecule has 0 heterocycles. The second kappa shape index (κ2) is 8.34. The molecule has 0 aromatic carbocycles. The molecule has 1 aliphatic carbocycles. The summed E-state index contributed by atoms with van der Waals surface area (Å²) in [5.41, 5.74) is 0.765. The van der Waals surface area contributed by atoms with Crippen molar-refractivity contribution in [3.8, 4) is 0 Å². The van der Waals surface area contributed by atoms with Gasteiger partial charge in [-0.15, -0.1) is 0 Å². The highest BCUT2D eigenvalue weighted by Gasteiger charge is 2.48. The first-order valence-electron chi connectivity index (χ1n) is 7.96. The average Bonchev–Trinajstić information content (AvgIpc) is 2.24. The Kier molecular flexibility index (Phi) is 7.50. The molecule has 0 bridgehead atoms. The largest absolute Gasteiger partial charge is 0.394 e. The molecule has 1 saturated carbocycles. The smallest absolute Gasteiger partial charge is 0.341 e. The van der Waals surface area contributed by atoms with Gasteiger partial charge in [0.05, 0.1) is 0 Å². The fourth-order valence-corrected chi connectivity index (χ4v) is 7.60. The standard InChI is InChI=1S/C15H32O2Si/c1-5-8-10-14(4)13-18(16-6-2,17-7-3)15-11-9-12-15/h14-15H,5-13H2,1-4H3. The van der Waals surface area contributed by atoms with E-state index in [4.69, 9.17) is 8.85 Å². The van der Waals surface area contributed by atoms with Gasteiger partial charge in [-0.2, -0.15) is 0 Å². The summed E-state index contributed by atoms with van der Waals surface area (Å²) in [7, 11) is -1.93. The molecule has 0 saturated heterocycles. The molecule has 0 N–H and O–H groups in total. The van der Waals surface area contributed by atoms with Gasteiger partial charge in [0.25, 0.3) is 0 Å². The summed E-state index contributed by atoms with van der Waals surface area (Å²) in [5, 5.41) is 0. The van der Waals surface area contributed by atoms with E-state index in [9.17, 15) is 0 Å². The third-order valence-electron chi connectivity index (χ3n) is 4.19. The summed E-state index contributed by atoms with van der Waals surface area (Å²) in [6.07, 6.45) is 8.03. The van der Waals surface area contributed by atoms with Crippen molar-refractivity contribution in [3.05, 3.63) is 0 Å². The average molecular weight is 273 g/mol. The molecule has 2 nitrogen and oxygen atoms in total. The number of hydrogen-bond donors (Lipinski definition) is 0.